The summed E-state index contributed by atoms with van der Waals surface area (Å²) >= 11 is 0. The van der Waals surface area contributed by atoms with Gasteiger partial charge in [0.05, 0.1) is 6.04 Å². The molecule has 1 rings (SSSR count). The lowest BCUT2D eigenvalue weighted by Crippen LogP contribution is -2.09. The number of azide groups is 1. The minimum Gasteiger partial charge on any atom is -0.330 e. The van der Waals surface area contributed by atoms with E-state index in [1.54, 1.807) is 0 Å². The fraction of sp³-hybridized carbons (Fsp3) is 0.250. The summed E-state index contributed by atoms with van der Waals surface area (Å²) in [5, 5.41) is 3.57. The smallest absolute Gasteiger partial charge is 0.0747 e. The third-order valence-electron chi connectivity index (χ3n) is 1.60. The van der Waals surface area contributed by atoms with Crippen molar-refractivity contribution in [3.8, 4) is 0 Å². The topological polar surface area (TPSA) is 74.8 Å². The Labute approximate surface area is 70.6 Å². The van der Waals surface area contributed by atoms with Gasteiger partial charge in [0.25, 0.3) is 0 Å². The second-order valence-electron chi connectivity index (χ2n) is 2.37. The van der Waals surface area contributed by atoms with E-state index in [0.717, 1.165) is 5.56 Å². The van der Waals surface area contributed by atoms with Gasteiger partial charge in [0.15, 0.2) is 0 Å². The SMILES string of the molecule is [N-]=[N+]=NC(CN)c1ccccc1. The Morgan fingerprint density at radius 1 is 1.42 bits per heavy atom. The second-order valence-corrected chi connectivity index (χ2v) is 2.37. The van der Waals surface area contributed by atoms with Crippen molar-refractivity contribution in [3.63, 3.8) is 0 Å². The zero-order valence-corrected chi connectivity index (χ0v) is 6.59. The molecule has 1 aromatic carbocycles. The van der Waals surface area contributed by atoms with Gasteiger partial charge in [-0.15, -0.1) is 0 Å². The molecule has 2 N–H and O–H groups in total. The van der Waals surface area contributed by atoms with E-state index in [1.807, 2.05) is 30.3 Å². The van der Waals surface area contributed by atoms with Crippen LogP contribution >= 0.6 is 0 Å². The largest absolute Gasteiger partial charge is 0.330 e. The van der Waals surface area contributed by atoms with Gasteiger partial charge in [-0.3, -0.25) is 0 Å². The molecule has 62 valence electrons. The third-order valence-corrected chi connectivity index (χ3v) is 1.60. The van der Waals surface area contributed by atoms with Crippen molar-refractivity contribution in [2.24, 2.45) is 10.8 Å². The van der Waals surface area contributed by atoms with Gasteiger partial charge in [-0.25, -0.2) is 0 Å². The predicted molar refractivity (Wildman–Crippen MR) is 47.4 cm³/mol. The van der Waals surface area contributed by atoms with Gasteiger partial charge < -0.3 is 5.73 Å². The van der Waals surface area contributed by atoms with E-state index in [0.29, 0.717) is 6.54 Å². The molecule has 0 radical (unpaired) electrons. The quantitative estimate of drug-likeness (QED) is 0.412. The van der Waals surface area contributed by atoms with E-state index in [2.05, 4.69) is 10.0 Å². The maximum Gasteiger partial charge on any atom is 0.0747 e. The Kier molecular flexibility index (Phi) is 3.14. The van der Waals surface area contributed by atoms with Crippen molar-refractivity contribution in [1.29, 1.82) is 0 Å². The van der Waals surface area contributed by atoms with Crippen LogP contribution in [0.15, 0.2) is 35.4 Å². The summed E-state index contributed by atoms with van der Waals surface area (Å²) in [6.45, 7) is 0.341. The highest BCUT2D eigenvalue weighted by molar-refractivity contribution is 5.19. The summed E-state index contributed by atoms with van der Waals surface area (Å²) in [5.74, 6) is 0. The van der Waals surface area contributed by atoms with Crippen LogP contribution < -0.4 is 5.73 Å². The average molecular weight is 162 g/mol. The molecule has 0 aromatic heterocycles. The van der Waals surface area contributed by atoms with Crippen LogP contribution in [0, 0.1) is 0 Å². The van der Waals surface area contributed by atoms with Crippen molar-refractivity contribution in [2.75, 3.05) is 6.54 Å². The van der Waals surface area contributed by atoms with Gasteiger partial charge in [0.1, 0.15) is 0 Å². The molecule has 12 heavy (non-hydrogen) atoms. The third kappa shape index (κ3) is 1.99. The second kappa shape index (κ2) is 4.38. The van der Waals surface area contributed by atoms with Crippen LogP contribution in [0.25, 0.3) is 10.4 Å². The first-order valence-corrected chi connectivity index (χ1v) is 3.67. The number of benzene rings is 1. The van der Waals surface area contributed by atoms with Crippen molar-refractivity contribution < 1.29 is 0 Å². The maximum absolute atomic E-state index is 8.23. The standard InChI is InChI=1S/C8H10N4/c9-6-8(11-12-10)7-4-2-1-3-5-7/h1-5,8H,6,9H2. The average Bonchev–Trinajstić information content (AvgIpc) is 2.15. The molecule has 0 aliphatic carbocycles. The summed E-state index contributed by atoms with van der Waals surface area (Å²) in [6.07, 6.45) is 0. The Morgan fingerprint density at radius 3 is 2.58 bits per heavy atom. The van der Waals surface area contributed by atoms with Crippen molar-refractivity contribution in [1.82, 2.24) is 0 Å². The monoisotopic (exact) mass is 162 g/mol. The van der Waals surface area contributed by atoms with E-state index in [4.69, 9.17) is 11.3 Å². The van der Waals surface area contributed by atoms with Crippen molar-refractivity contribution >= 4 is 0 Å². The lowest BCUT2D eigenvalue weighted by molar-refractivity contribution is 0.730. The molecule has 0 bridgehead atoms. The zero-order chi connectivity index (χ0) is 8.81. The van der Waals surface area contributed by atoms with Crippen LogP contribution in [0.5, 0.6) is 0 Å². The number of nitrogens with two attached hydrogens (primary N) is 1. The first-order chi connectivity index (χ1) is 5.88. The highest BCUT2D eigenvalue weighted by Crippen LogP contribution is 2.14. The molecule has 0 saturated heterocycles. The van der Waals surface area contributed by atoms with Gasteiger partial charge >= 0.3 is 0 Å². The van der Waals surface area contributed by atoms with E-state index in [9.17, 15) is 0 Å². The first kappa shape index (κ1) is 8.59. The lowest BCUT2D eigenvalue weighted by atomic mass is 10.1. The Morgan fingerprint density at radius 2 is 2.08 bits per heavy atom. The molecule has 1 atom stereocenters. The fourth-order valence-electron chi connectivity index (χ4n) is 0.987. The molecule has 4 nitrogen and oxygen atoms in total. The molecule has 0 aliphatic rings. The molecule has 0 aliphatic heterocycles. The van der Waals surface area contributed by atoms with Gasteiger partial charge in [-0.1, -0.05) is 35.4 Å². The molecular weight excluding hydrogens is 152 g/mol. The van der Waals surface area contributed by atoms with Gasteiger partial charge in [-0.2, -0.15) is 0 Å². The van der Waals surface area contributed by atoms with E-state index in [-0.39, 0.29) is 6.04 Å². The minimum absolute atomic E-state index is 0.240. The normalized spacial score (nSPS) is 11.8. The van der Waals surface area contributed by atoms with E-state index < -0.39 is 0 Å². The summed E-state index contributed by atoms with van der Waals surface area (Å²) in [6, 6.07) is 9.25. The highest BCUT2D eigenvalue weighted by atomic mass is 15.2. The Balaban J connectivity index is 2.87. The molecule has 0 saturated carbocycles. The first-order valence-electron chi connectivity index (χ1n) is 3.67. The number of nitrogens with zero attached hydrogens (tertiary/aromatic N) is 3. The summed E-state index contributed by atoms with van der Waals surface area (Å²) in [5.41, 5.74) is 14.6. The van der Waals surface area contributed by atoms with Crippen LogP contribution in [0.3, 0.4) is 0 Å². The predicted octanol–water partition coefficient (Wildman–Crippen LogP) is 2.00. The van der Waals surface area contributed by atoms with Gasteiger partial charge in [-0.05, 0) is 11.1 Å². The van der Waals surface area contributed by atoms with E-state index >= 15 is 0 Å². The lowest BCUT2D eigenvalue weighted by Gasteiger charge is -2.06. The van der Waals surface area contributed by atoms with Gasteiger partial charge in [0.2, 0.25) is 0 Å². The Hall–Kier alpha value is -1.51. The minimum atomic E-state index is -0.240. The van der Waals surface area contributed by atoms with Crippen LogP contribution in [0.1, 0.15) is 11.6 Å². The molecule has 0 fully saturated rings. The van der Waals surface area contributed by atoms with Crippen molar-refractivity contribution in [3.05, 3.63) is 46.3 Å². The van der Waals surface area contributed by atoms with Crippen LogP contribution in [0.4, 0.5) is 0 Å². The zero-order valence-electron chi connectivity index (χ0n) is 6.59. The summed E-state index contributed by atoms with van der Waals surface area (Å²) in [7, 11) is 0. The van der Waals surface area contributed by atoms with Crippen LogP contribution in [-0.2, 0) is 0 Å². The number of hydrogen-bond acceptors (Lipinski definition) is 2. The molecule has 4 heteroatoms. The maximum atomic E-state index is 8.23. The fourth-order valence-corrected chi connectivity index (χ4v) is 0.987. The Bertz CT molecular complexity index is 276. The molecule has 1 aromatic rings. The summed E-state index contributed by atoms with van der Waals surface area (Å²) in [4.78, 5) is 2.73. The molecule has 0 spiro atoms. The highest BCUT2D eigenvalue weighted by Gasteiger charge is 2.04. The van der Waals surface area contributed by atoms with Gasteiger partial charge in [0, 0.05) is 11.5 Å². The molecular formula is C8H10N4. The van der Waals surface area contributed by atoms with E-state index in [1.165, 1.54) is 0 Å². The summed E-state index contributed by atoms with van der Waals surface area (Å²) < 4.78 is 0. The number of rotatable bonds is 3. The van der Waals surface area contributed by atoms with Crippen LogP contribution in [0.2, 0.25) is 0 Å². The molecule has 0 heterocycles. The molecule has 0 amide bonds. The van der Waals surface area contributed by atoms with Crippen LogP contribution in [-0.4, -0.2) is 6.54 Å². The molecule has 1 unspecified atom stereocenters. The number of hydrogen-bond donors (Lipinski definition) is 1. The van der Waals surface area contributed by atoms with Crippen molar-refractivity contribution in [2.45, 2.75) is 6.04 Å².